The monoisotopic (exact) mass is 155 g/mol. The van der Waals surface area contributed by atoms with E-state index >= 15 is 0 Å². The molecule has 0 aromatic carbocycles. The second-order valence-electron chi connectivity index (χ2n) is 2.87. The Morgan fingerprint density at radius 1 is 1.27 bits per heavy atom. The second-order valence-corrected chi connectivity index (χ2v) is 2.87. The van der Waals surface area contributed by atoms with E-state index in [1.54, 1.807) is 0 Å². The topological polar surface area (TPSA) is 3.24 Å². The van der Waals surface area contributed by atoms with Crippen LogP contribution < -0.4 is 0 Å². The third-order valence-electron chi connectivity index (χ3n) is 2.15. The van der Waals surface area contributed by atoms with E-state index in [0.717, 1.165) is 13.1 Å². The van der Waals surface area contributed by atoms with Crippen molar-refractivity contribution < 1.29 is 0 Å². The smallest absolute Gasteiger partial charge is 0.0101 e. The average molecular weight is 155 g/mol. The molecule has 0 bridgehead atoms. The Bertz CT molecular complexity index is 103. The molecule has 1 atom stereocenters. The molecular formula is C10H21N. The van der Waals surface area contributed by atoms with Crippen LogP contribution in [0.4, 0.5) is 0 Å². The zero-order valence-electron chi connectivity index (χ0n) is 8.30. The maximum Gasteiger partial charge on any atom is 0.0101 e. The van der Waals surface area contributed by atoms with Gasteiger partial charge in [-0.15, -0.1) is 0 Å². The normalized spacial score (nSPS) is 14.6. The lowest BCUT2D eigenvalue weighted by Crippen LogP contribution is -2.32. The standard InChI is InChI=1S/C10H21N/c1-5-8-9-10(4)11(6-2)7-3/h5,8,10H,6-7,9H2,1-4H3/b8-5+. The highest BCUT2D eigenvalue weighted by molar-refractivity contribution is 4.82. The van der Waals surface area contributed by atoms with Crippen molar-refractivity contribution in [2.24, 2.45) is 0 Å². The molecule has 1 heteroatoms. The van der Waals surface area contributed by atoms with Gasteiger partial charge < -0.3 is 4.90 Å². The van der Waals surface area contributed by atoms with E-state index in [1.807, 2.05) is 0 Å². The summed E-state index contributed by atoms with van der Waals surface area (Å²) in [6.45, 7) is 11.1. The first kappa shape index (κ1) is 10.7. The number of hydrogen-bond donors (Lipinski definition) is 0. The summed E-state index contributed by atoms with van der Waals surface area (Å²) in [5.41, 5.74) is 0. The number of rotatable bonds is 5. The van der Waals surface area contributed by atoms with E-state index in [1.165, 1.54) is 6.42 Å². The van der Waals surface area contributed by atoms with E-state index in [0.29, 0.717) is 6.04 Å². The Kier molecular flexibility index (Phi) is 6.24. The van der Waals surface area contributed by atoms with Gasteiger partial charge in [-0.25, -0.2) is 0 Å². The van der Waals surface area contributed by atoms with Gasteiger partial charge in [-0.05, 0) is 33.4 Å². The lowest BCUT2D eigenvalue weighted by molar-refractivity contribution is 0.233. The molecule has 0 saturated heterocycles. The third kappa shape index (κ3) is 4.20. The van der Waals surface area contributed by atoms with Crippen molar-refractivity contribution in [1.82, 2.24) is 4.90 Å². The van der Waals surface area contributed by atoms with Gasteiger partial charge in [0.05, 0.1) is 0 Å². The fourth-order valence-corrected chi connectivity index (χ4v) is 1.33. The van der Waals surface area contributed by atoms with Crippen molar-refractivity contribution in [2.45, 2.75) is 40.2 Å². The van der Waals surface area contributed by atoms with Gasteiger partial charge in [0, 0.05) is 6.04 Å². The van der Waals surface area contributed by atoms with Gasteiger partial charge in [0.2, 0.25) is 0 Å². The van der Waals surface area contributed by atoms with Crippen LogP contribution in [0.3, 0.4) is 0 Å². The molecule has 0 heterocycles. The van der Waals surface area contributed by atoms with Crippen LogP contribution in [-0.4, -0.2) is 24.0 Å². The Hall–Kier alpha value is -0.300. The average Bonchev–Trinajstić information content (AvgIpc) is 2.03. The predicted molar refractivity (Wildman–Crippen MR) is 51.8 cm³/mol. The van der Waals surface area contributed by atoms with Crippen molar-refractivity contribution in [2.75, 3.05) is 13.1 Å². The van der Waals surface area contributed by atoms with Gasteiger partial charge in [-0.2, -0.15) is 0 Å². The Labute approximate surface area is 71.1 Å². The molecule has 0 aliphatic heterocycles. The van der Waals surface area contributed by atoms with Crippen LogP contribution in [0, 0.1) is 0 Å². The highest BCUT2D eigenvalue weighted by Gasteiger charge is 2.06. The Morgan fingerprint density at radius 2 is 1.82 bits per heavy atom. The first-order chi connectivity index (χ1) is 5.26. The van der Waals surface area contributed by atoms with Crippen LogP contribution in [0.25, 0.3) is 0 Å². The minimum absolute atomic E-state index is 0.696. The van der Waals surface area contributed by atoms with Gasteiger partial charge in [-0.3, -0.25) is 0 Å². The molecule has 0 radical (unpaired) electrons. The highest BCUT2D eigenvalue weighted by atomic mass is 15.1. The van der Waals surface area contributed by atoms with Gasteiger partial charge in [-0.1, -0.05) is 26.0 Å². The van der Waals surface area contributed by atoms with Crippen molar-refractivity contribution >= 4 is 0 Å². The second kappa shape index (κ2) is 6.41. The molecule has 1 nitrogen and oxygen atoms in total. The molecule has 0 aliphatic rings. The molecule has 0 N–H and O–H groups in total. The molecule has 1 unspecified atom stereocenters. The summed E-state index contributed by atoms with van der Waals surface area (Å²) in [5, 5.41) is 0. The van der Waals surface area contributed by atoms with E-state index < -0.39 is 0 Å². The Balaban J connectivity index is 3.68. The van der Waals surface area contributed by atoms with Crippen molar-refractivity contribution in [3.63, 3.8) is 0 Å². The molecular weight excluding hydrogens is 134 g/mol. The van der Waals surface area contributed by atoms with Crippen molar-refractivity contribution in [3.05, 3.63) is 12.2 Å². The molecule has 0 fully saturated rings. The summed E-state index contributed by atoms with van der Waals surface area (Å²) in [6.07, 6.45) is 5.54. The molecule has 66 valence electrons. The zero-order chi connectivity index (χ0) is 8.69. The van der Waals surface area contributed by atoms with Crippen LogP contribution in [0.1, 0.15) is 34.1 Å². The van der Waals surface area contributed by atoms with Crippen LogP contribution in [-0.2, 0) is 0 Å². The molecule has 11 heavy (non-hydrogen) atoms. The predicted octanol–water partition coefficient (Wildman–Crippen LogP) is 2.68. The molecule has 0 spiro atoms. The van der Waals surface area contributed by atoms with Crippen molar-refractivity contribution in [1.29, 1.82) is 0 Å². The van der Waals surface area contributed by atoms with Gasteiger partial charge in [0.25, 0.3) is 0 Å². The molecule has 0 aromatic rings. The number of nitrogens with zero attached hydrogens (tertiary/aromatic N) is 1. The summed E-state index contributed by atoms with van der Waals surface area (Å²) >= 11 is 0. The van der Waals surface area contributed by atoms with E-state index in [2.05, 4.69) is 44.7 Å². The summed E-state index contributed by atoms with van der Waals surface area (Å²) in [4.78, 5) is 2.47. The van der Waals surface area contributed by atoms with E-state index in [9.17, 15) is 0 Å². The third-order valence-corrected chi connectivity index (χ3v) is 2.15. The van der Waals surface area contributed by atoms with Crippen LogP contribution in [0.5, 0.6) is 0 Å². The van der Waals surface area contributed by atoms with Crippen LogP contribution in [0.2, 0.25) is 0 Å². The van der Waals surface area contributed by atoms with E-state index in [-0.39, 0.29) is 0 Å². The largest absolute Gasteiger partial charge is 0.301 e. The SMILES string of the molecule is C/C=C/CC(C)N(CC)CC. The summed E-state index contributed by atoms with van der Waals surface area (Å²) < 4.78 is 0. The Morgan fingerprint density at radius 3 is 2.18 bits per heavy atom. The van der Waals surface area contributed by atoms with Crippen LogP contribution in [0.15, 0.2) is 12.2 Å². The molecule has 0 saturated carbocycles. The summed E-state index contributed by atoms with van der Waals surface area (Å²) in [7, 11) is 0. The molecule has 0 rings (SSSR count). The van der Waals surface area contributed by atoms with Gasteiger partial charge in [0.15, 0.2) is 0 Å². The first-order valence-electron chi connectivity index (χ1n) is 4.61. The fraction of sp³-hybridized carbons (Fsp3) is 0.800. The van der Waals surface area contributed by atoms with Crippen LogP contribution >= 0.6 is 0 Å². The minimum atomic E-state index is 0.696. The summed E-state index contributed by atoms with van der Waals surface area (Å²) in [6, 6.07) is 0.696. The summed E-state index contributed by atoms with van der Waals surface area (Å²) in [5.74, 6) is 0. The molecule has 0 aliphatic carbocycles. The van der Waals surface area contributed by atoms with E-state index in [4.69, 9.17) is 0 Å². The maximum atomic E-state index is 2.47. The lowest BCUT2D eigenvalue weighted by Gasteiger charge is -2.25. The molecule has 0 amide bonds. The quantitative estimate of drug-likeness (QED) is 0.552. The lowest BCUT2D eigenvalue weighted by atomic mass is 10.2. The number of hydrogen-bond acceptors (Lipinski definition) is 1. The number of allylic oxidation sites excluding steroid dienone is 1. The van der Waals surface area contributed by atoms with Crippen molar-refractivity contribution in [3.8, 4) is 0 Å². The minimum Gasteiger partial charge on any atom is -0.301 e. The van der Waals surface area contributed by atoms with Gasteiger partial charge in [0.1, 0.15) is 0 Å². The highest BCUT2D eigenvalue weighted by Crippen LogP contribution is 2.03. The fourth-order valence-electron chi connectivity index (χ4n) is 1.33. The van der Waals surface area contributed by atoms with Gasteiger partial charge >= 0.3 is 0 Å². The molecule has 0 aromatic heterocycles. The zero-order valence-corrected chi connectivity index (χ0v) is 8.30. The first-order valence-corrected chi connectivity index (χ1v) is 4.61. The maximum absolute atomic E-state index is 2.47.